The Kier molecular flexibility index (Phi) is 17.2. The minimum atomic E-state index is -0.241. The summed E-state index contributed by atoms with van der Waals surface area (Å²) in [4.78, 5) is 25.0. The molecule has 4 aliphatic rings. The lowest BCUT2D eigenvalue weighted by molar-refractivity contribution is -0.174. The summed E-state index contributed by atoms with van der Waals surface area (Å²) >= 11 is 0. The van der Waals surface area contributed by atoms with Gasteiger partial charge < -0.3 is 20.8 Å². The molecule has 0 bridgehead atoms. The molecule has 0 aromatic heterocycles. The van der Waals surface area contributed by atoms with Gasteiger partial charge in [-0.05, 0) is 136 Å². The fraction of sp³-hybridized carbons (Fsp3) is 0.909. The fourth-order valence-electron chi connectivity index (χ4n) is 11.7. The molecule has 0 aromatic rings. The van der Waals surface area contributed by atoms with E-state index in [1.807, 2.05) is 0 Å². The van der Waals surface area contributed by atoms with Gasteiger partial charge in [-0.25, -0.2) is 0 Å². The molecule has 4 rings (SSSR count). The van der Waals surface area contributed by atoms with Gasteiger partial charge in [0.2, 0.25) is 11.8 Å². The van der Waals surface area contributed by atoms with Gasteiger partial charge in [-0.2, -0.15) is 0 Å². The highest BCUT2D eigenvalue weighted by atomic mass is 16.3. The van der Waals surface area contributed by atoms with Gasteiger partial charge in [0.15, 0.2) is 0 Å². The standard InChI is InChI=1S/C44H78N2O4/c1-5-6-7-8-9-10-11-12-13-14-15-16-17-18-19-20-40(49)45-29-30-46-41(50)24-21-33(2)36-22-23-37-42-38(26-28-44(36,37)4)43(3)27-25-35(47)31-34(43)32-39(42)48/h12-13,33-39,42,47-48H,5-11,14-32H2,1-4H3,(H,45,49)(H,46,50)/t33-,34+,35-,36?,37+,38+,39-,42+,43+,44-/m1/s1. The van der Waals surface area contributed by atoms with E-state index in [0.29, 0.717) is 61.4 Å². The molecule has 0 spiro atoms. The molecule has 4 aliphatic carbocycles. The van der Waals surface area contributed by atoms with Crippen molar-refractivity contribution < 1.29 is 19.8 Å². The largest absolute Gasteiger partial charge is 0.393 e. The third-order valence-corrected chi connectivity index (χ3v) is 14.7. The maximum absolute atomic E-state index is 12.7. The van der Waals surface area contributed by atoms with Crippen molar-refractivity contribution in [1.82, 2.24) is 10.6 Å². The van der Waals surface area contributed by atoms with Crippen molar-refractivity contribution in [1.29, 1.82) is 0 Å². The Hall–Kier alpha value is -1.40. The van der Waals surface area contributed by atoms with Crippen LogP contribution in [-0.2, 0) is 9.59 Å². The predicted octanol–water partition coefficient (Wildman–Crippen LogP) is 9.66. The number of nitrogens with one attached hydrogen (secondary N) is 2. The summed E-state index contributed by atoms with van der Waals surface area (Å²) in [5.41, 5.74) is 0.499. The predicted molar refractivity (Wildman–Crippen MR) is 206 cm³/mol. The number of aliphatic hydroxyl groups excluding tert-OH is 2. The molecular formula is C44H78N2O4. The number of rotatable bonds is 22. The minimum Gasteiger partial charge on any atom is -0.393 e. The van der Waals surface area contributed by atoms with Gasteiger partial charge >= 0.3 is 0 Å². The van der Waals surface area contributed by atoms with Crippen LogP contribution in [0.4, 0.5) is 0 Å². The SMILES string of the molecule is CCCCCCCCC=CCCCCCCCC(=O)NCCNC(=O)CC[C@@H](C)C1CC[C@H]2[C@@H]3[C@H](O)C[C@@H]4C[C@H](O)CC[C@]4(C)[C@H]3CC[C@]12C. The van der Waals surface area contributed by atoms with Crippen LogP contribution in [0.1, 0.15) is 182 Å². The lowest BCUT2D eigenvalue weighted by atomic mass is 9.43. The molecule has 4 N–H and O–H groups in total. The molecule has 4 saturated carbocycles. The van der Waals surface area contributed by atoms with E-state index in [1.165, 1.54) is 96.3 Å². The summed E-state index contributed by atoms with van der Waals surface area (Å²) in [6, 6.07) is 0. The van der Waals surface area contributed by atoms with Crippen molar-refractivity contribution in [3.05, 3.63) is 12.2 Å². The van der Waals surface area contributed by atoms with E-state index in [9.17, 15) is 19.8 Å². The lowest BCUT2D eigenvalue weighted by Gasteiger charge is -2.62. The number of hydrogen-bond acceptors (Lipinski definition) is 4. The Labute approximate surface area is 307 Å². The quantitative estimate of drug-likeness (QED) is 0.0669. The van der Waals surface area contributed by atoms with Gasteiger partial charge in [0.05, 0.1) is 12.2 Å². The maximum Gasteiger partial charge on any atom is 0.220 e. The van der Waals surface area contributed by atoms with Crippen molar-refractivity contribution in [2.24, 2.45) is 46.3 Å². The Bertz CT molecular complexity index is 1050. The molecule has 0 saturated heterocycles. The van der Waals surface area contributed by atoms with Gasteiger partial charge in [-0.1, -0.05) is 91.2 Å². The Morgan fingerprint density at radius 1 is 0.720 bits per heavy atom. The minimum absolute atomic E-state index is 0.0907. The number of aliphatic hydroxyl groups is 2. The van der Waals surface area contributed by atoms with Gasteiger partial charge in [0.1, 0.15) is 0 Å². The Balaban J connectivity index is 1.02. The molecule has 288 valence electrons. The zero-order chi connectivity index (χ0) is 36.0. The van der Waals surface area contributed by atoms with E-state index in [1.54, 1.807) is 0 Å². The van der Waals surface area contributed by atoms with Crippen LogP contribution < -0.4 is 10.6 Å². The number of allylic oxidation sites excluding steroid dienone is 2. The number of carbonyl (C=O) groups is 2. The van der Waals surface area contributed by atoms with Crippen LogP contribution in [0.3, 0.4) is 0 Å². The van der Waals surface area contributed by atoms with Gasteiger partial charge in [0, 0.05) is 25.9 Å². The highest BCUT2D eigenvalue weighted by molar-refractivity contribution is 5.77. The third kappa shape index (κ3) is 11.3. The van der Waals surface area contributed by atoms with Crippen LogP contribution in [0.15, 0.2) is 12.2 Å². The van der Waals surface area contributed by atoms with Crippen LogP contribution in [-0.4, -0.2) is 47.3 Å². The van der Waals surface area contributed by atoms with E-state index >= 15 is 0 Å². The fourth-order valence-corrected chi connectivity index (χ4v) is 11.7. The normalized spacial score (nSPS) is 34.2. The molecule has 6 heteroatoms. The first kappa shape index (κ1) is 41.4. The highest BCUT2D eigenvalue weighted by Gasteiger charge is 2.62. The maximum atomic E-state index is 12.7. The van der Waals surface area contributed by atoms with Crippen molar-refractivity contribution in [3.8, 4) is 0 Å². The van der Waals surface area contributed by atoms with Crippen LogP contribution >= 0.6 is 0 Å². The number of hydrogen-bond donors (Lipinski definition) is 4. The molecule has 10 atom stereocenters. The number of fused-ring (bicyclic) bond motifs is 5. The lowest BCUT2D eigenvalue weighted by Crippen LogP contribution is -2.58. The van der Waals surface area contributed by atoms with E-state index < -0.39 is 0 Å². The van der Waals surface area contributed by atoms with Crippen LogP contribution in [0.25, 0.3) is 0 Å². The van der Waals surface area contributed by atoms with Crippen molar-refractivity contribution in [2.45, 2.75) is 194 Å². The summed E-state index contributed by atoms with van der Waals surface area (Å²) in [5.74, 6) is 3.24. The summed E-state index contributed by atoms with van der Waals surface area (Å²) in [6.07, 6.45) is 31.2. The molecule has 50 heavy (non-hydrogen) atoms. The number of amides is 2. The average molecular weight is 699 g/mol. The summed E-state index contributed by atoms with van der Waals surface area (Å²) < 4.78 is 0. The van der Waals surface area contributed by atoms with Gasteiger partial charge in [0.25, 0.3) is 0 Å². The average Bonchev–Trinajstić information content (AvgIpc) is 3.45. The third-order valence-electron chi connectivity index (χ3n) is 14.7. The summed E-state index contributed by atoms with van der Waals surface area (Å²) in [6.45, 7) is 10.6. The second-order valence-electron chi connectivity index (χ2n) is 18.0. The van der Waals surface area contributed by atoms with E-state index in [0.717, 1.165) is 44.9 Å². The molecule has 0 aromatic carbocycles. The second kappa shape index (κ2) is 20.7. The first-order chi connectivity index (χ1) is 24.1. The van der Waals surface area contributed by atoms with E-state index in [-0.39, 0.29) is 34.9 Å². The van der Waals surface area contributed by atoms with E-state index in [2.05, 4.69) is 50.5 Å². The molecule has 0 heterocycles. The summed E-state index contributed by atoms with van der Waals surface area (Å²) in [5, 5.41) is 27.9. The first-order valence-corrected chi connectivity index (χ1v) is 21.6. The highest BCUT2D eigenvalue weighted by Crippen LogP contribution is 2.68. The zero-order valence-corrected chi connectivity index (χ0v) is 32.9. The smallest absolute Gasteiger partial charge is 0.220 e. The van der Waals surface area contributed by atoms with Gasteiger partial charge in [-0.15, -0.1) is 0 Å². The molecule has 4 fully saturated rings. The number of unbranched alkanes of at least 4 members (excludes halogenated alkanes) is 11. The summed E-state index contributed by atoms with van der Waals surface area (Å²) in [7, 11) is 0. The van der Waals surface area contributed by atoms with E-state index in [4.69, 9.17) is 0 Å². The van der Waals surface area contributed by atoms with Crippen molar-refractivity contribution in [3.63, 3.8) is 0 Å². The zero-order valence-electron chi connectivity index (χ0n) is 32.9. The van der Waals surface area contributed by atoms with Crippen LogP contribution in [0.5, 0.6) is 0 Å². The first-order valence-electron chi connectivity index (χ1n) is 21.6. The molecule has 2 amide bonds. The molecule has 6 nitrogen and oxygen atoms in total. The van der Waals surface area contributed by atoms with Crippen molar-refractivity contribution >= 4 is 11.8 Å². The topological polar surface area (TPSA) is 98.7 Å². The van der Waals surface area contributed by atoms with Crippen molar-refractivity contribution in [2.75, 3.05) is 13.1 Å². The monoisotopic (exact) mass is 699 g/mol. The molecular weight excluding hydrogens is 620 g/mol. The Morgan fingerprint density at radius 2 is 1.30 bits per heavy atom. The van der Waals surface area contributed by atoms with Crippen LogP contribution in [0, 0.1) is 46.3 Å². The molecule has 0 radical (unpaired) electrons. The number of carbonyl (C=O) groups excluding carboxylic acids is 2. The van der Waals surface area contributed by atoms with Crippen LogP contribution in [0.2, 0.25) is 0 Å². The Morgan fingerprint density at radius 3 is 1.98 bits per heavy atom. The molecule has 1 unspecified atom stereocenters. The molecule has 0 aliphatic heterocycles. The van der Waals surface area contributed by atoms with Gasteiger partial charge in [-0.3, -0.25) is 9.59 Å². The second-order valence-corrected chi connectivity index (χ2v) is 18.0.